The number of carbonyl (C=O) groups is 2. The van der Waals surface area contributed by atoms with Gasteiger partial charge in [0.05, 0.1) is 13.2 Å². The van der Waals surface area contributed by atoms with Crippen molar-refractivity contribution in [3.8, 4) is 0 Å². The molecule has 0 spiro atoms. The highest BCUT2D eigenvalue weighted by Crippen LogP contribution is 2.21. The summed E-state index contributed by atoms with van der Waals surface area (Å²) in [5.41, 5.74) is 0. The van der Waals surface area contributed by atoms with Crippen LogP contribution in [-0.4, -0.2) is 60.4 Å². The Hall–Kier alpha value is -1.14. The van der Waals surface area contributed by atoms with Crippen molar-refractivity contribution < 1.29 is 24.2 Å². The normalized spacial score (nSPS) is 30.4. The summed E-state index contributed by atoms with van der Waals surface area (Å²) >= 11 is 0. The van der Waals surface area contributed by atoms with Crippen LogP contribution >= 0.6 is 0 Å². The van der Waals surface area contributed by atoms with E-state index in [0.717, 1.165) is 0 Å². The number of carbonyl (C=O) groups excluding carboxylic acids is 1. The second kappa shape index (κ2) is 4.80. The molecule has 0 aliphatic carbocycles. The zero-order chi connectivity index (χ0) is 11.5. The maximum absolute atomic E-state index is 11.9. The summed E-state index contributed by atoms with van der Waals surface area (Å²) in [5.74, 6) is -1.09. The topological polar surface area (TPSA) is 76.1 Å². The molecule has 2 heterocycles. The first-order valence-corrected chi connectivity index (χ1v) is 5.43. The minimum absolute atomic E-state index is 0.105. The van der Waals surface area contributed by atoms with Crippen LogP contribution in [0.2, 0.25) is 0 Å². The number of hydrogen-bond acceptors (Lipinski definition) is 4. The highest BCUT2D eigenvalue weighted by molar-refractivity contribution is 5.82. The van der Waals surface area contributed by atoms with Crippen LogP contribution in [0.1, 0.15) is 12.8 Å². The first kappa shape index (κ1) is 11.3. The van der Waals surface area contributed by atoms with Gasteiger partial charge < -0.3 is 19.5 Å². The molecule has 2 aliphatic rings. The van der Waals surface area contributed by atoms with E-state index in [-0.39, 0.29) is 5.91 Å². The SMILES string of the molecule is O=C(O)[C@@H]1CC[C@H](C(=O)N2CCOCC2)O1. The van der Waals surface area contributed by atoms with Crippen LogP contribution in [0.4, 0.5) is 0 Å². The number of carboxylic acids is 1. The molecule has 0 aromatic rings. The highest BCUT2D eigenvalue weighted by atomic mass is 16.5. The molecule has 2 aliphatic heterocycles. The molecule has 90 valence electrons. The molecule has 0 radical (unpaired) electrons. The molecule has 6 nitrogen and oxygen atoms in total. The lowest BCUT2D eigenvalue weighted by molar-refractivity contribution is -0.156. The minimum atomic E-state index is -0.989. The molecule has 2 rings (SSSR count). The van der Waals surface area contributed by atoms with E-state index in [1.165, 1.54) is 0 Å². The third-order valence-corrected chi connectivity index (χ3v) is 2.89. The summed E-state index contributed by atoms with van der Waals surface area (Å²) in [6.45, 7) is 2.22. The molecule has 2 fully saturated rings. The van der Waals surface area contributed by atoms with Gasteiger partial charge in [-0.3, -0.25) is 4.79 Å². The molecule has 2 atom stereocenters. The van der Waals surface area contributed by atoms with Crippen molar-refractivity contribution in [3.63, 3.8) is 0 Å². The van der Waals surface area contributed by atoms with Gasteiger partial charge in [0.25, 0.3) is 5.91 Å². The van der Waals surface area contributed by atoms with Crippen LogP contribution in [0.25, 0.3) is 0 Å². The first-order valence-electron chi connectivity index (χ1n) is 5.43. The van der Waals surface area contributed by atoms with E-state index in [1.807, 2.05) is 0 Å². The zero-order valence-corrected chi connectivity index (χ0v) is 8.92. The smallest absolute Gasteiger partial charge is 0.332 e. The van der Waals surface area contributed by atoms with Crippen molar-refractivity contribution in [2.75, 3.05) is 26.3 Å². The van der Waals surface area contributed by atoms with Crippen LogP contribution in [-0.2, 0) is 19.1 Å². The van der Waals surface area contributed by atoms with Crippen molar-refractivity contribution in [1.82, 2.24) is 4.90 Å². The number of rotatable bonds is 2. The number of amides is 1. The number of carboxylic acid groups (broad SMARTS) is 1. The Kier molecular flexibility index (Phi) is 3.40. The van der Waals surface area contributed by atoms with E-state index < -0.39 is 18.2 Å². The number of nitrogens with zero attached hydrogens (tertiary/aromatic N) is 1. The first-order chi connectivity index (χ1) is 7.68. The van der Waals surface area contributed by atoms with Gasteiger partial charge in [0, 0.05) is 13.1 Å². The summed E-state index contributed by atoms with van der Waals surface area (Å²) in [5, 5.41) is 8.75. The monoisotopic (exact) mass is 229 g/mol. The lowest BCUT2D eigenvalue weighted by Crippen LogP contribution is -2.45. The predicted octanol–water partition coefficient (Wildman–Crippen LogP) is -0.523. The van der Waals surface area contributed by atoms with Crippen molar-refractivity contribution in [2.24, 2.45) is 0 Å². The molecule has 6 heteroatoms. The maximum Gasteiger partial charge on any atom is 0.332 e. The molecule has 0 unspecified atom stereocenters. The van der Waals surface area contributed by atoms with Gasteiger partial charge in [-0.05, 0) is 12.8 Å². The van der Waals surface area contributed by atoms with E-state index in [2.05, 4.69) is 0 Å². The molecule has 2 saturated heterocycles. The Morgan fingerprint density at radius 1 is 1.12 bits per heavy atom. The fraction of sp³-hybridized carbons (Fsp3) is 0.800. The number of morpholine rings is 1. The van der Waals surface area contributed by atoms with Gasteiger partial charge in [-0.25, -0.2) is 4.79 Å². The van der Waals surface area contributed by atoms with E-state index in [4.69, 9.17) is 14.6 Å². The lowest BCUT2D eigenvalue weighted by atomic mass is 10.2. The molecule has 1 N–H and O–H groups in total. The van der Waals surface area contributed by atoms with Crippen molar-refractivity contribution in [3.05, 3.63) is 0 Å². The lowest BCUT2D eigenvalue weighted by Gasteiger charge is -2.28. The van der Waals surface area contributed by atoms with Crippen molar-refractivity contribution in [1.29, 1.82) is 0 Å². The quantitative estimate of drug-likeness (QED) is 0.689. The molecule has 1 amide bonds. The molecule has 16 heavy (non-hydrogen) atoms. The summed E-state index contributed by atoms with van der Waals surface area (Å²) < 4.78 is 10.3. The largest absolute Gasteiger partial charge is 0.479 e. The van der Waals surface area contributed by atoms with Gasteiger partial charge >= 0.3 is 5.97 Å². The van der Waals surface area contributed by atoms with Crippen LogP contribution in [0, 0.1) is 0 Å². The molecular formula is C10H15NO5. The Labute approximate surface area is 93.1 Å². The average molecular weight is 229 g/mol. The van der Waals surface area contributed by atoms with Gasteiger partial charge in [0.2, 0.25) is 0 Å². The predicted molar refractivity (Wildman–Crippen MR) is 52.9 cm³/mol. The van der Waals surface area contributed by atoms with E-state index in [0.29, 0.717) is 39.1 Å². The van der Waals surface area contributed by atoms with Crippen molar-refractivity contribution >= 4 is 11.9 Å². The number of aliphatic carboxylic acids is 1. The highest BCUT2D eigenvalue weighted by Gasteiger charge is 2.36. The molecule has 0 saturated carbocycles. The van der Waals surface area contributed by atoms with Gasteiger partial charge in [-0.1, -0.05) is 0 Å². The second-order valence-corrected chi connectivity index (χ2v) is 3.97. The van der Waals surface area contributed by atoms with Gasteiger partial charge in [0.15, 0.2) is 6.10 Å². The standard InChI is InChI=1S/C10H15NO5/c12-9(11-3-5-15-6-4-11)7-1-2-8(16-7)10(13)14/h7-8H,1-6H2,(H,13,14)/t7-,8+/m1/s1. The van der Waals surface area contributed by atoms with Crippen LogP contribution < -0.4 is 0 Å². The van der Waals surface area contributed by atoms with E-state index in [9.17, 15) is 9.59 Å². The Morgan fingerprint density at radius 2 is 1.75 bits per heavy atom. The molecular weight excluding hydrogens is 214 g/mol. The Balaban J connectivity index is 1.88. The van der Waals surface area contributed by atoms with Crippen LogP contribution in [0.15, 0.2) is 0 Å². The molecule has 0 bridgehead atoms. The van der Waals surface area contributed by atoms with Gasteiger partial charge in [-0.2, -0.15) is 0 Å². The second-order valence-electron chi connectivity index (χ2n) is 3.97. The van der Waals surface area contributed by atoms with Gasteiger partial charge in [0.1, 0.15) is 6.10 Å². The van der Waals surface area contributed by atoms with Crippen LogP contribution in [0.3, 0.4) is 0 Å². The molecule has 0 aromatic heterocycles. The van der Waals surface area contributed by atoms with E-state index in [1.54, 1.807) is 4.90 Å². The fourth-order valence-corrected chi connectivity index (χ4v) is 1.99. The fourth-order valence-electron chi connectivity index (χ4n) is 1.99. The minimum Gasteiger partial charge on any atom is -0.479 e. The maximum atomic E-state index is 11.9. The molecule has 0 aromatic carbocycles. The third-order valence-electron chi connectivity index (χ3n) is 2.89. The van der Waals surface area contributed by atoms with Crippen molar-refractivity contribution in [2.45, 2.75) is 25.0 Å². The zero-order valence-electron chi connectivity index (χ0n) is 8.92. The Morgan fingerprint density at radius 3 is 2.31 bits per heavy atom. The average Bonchev–Trinajstić information content (AvgIpc) is 2.78. The summed E-state index contributed by atoms with van der Waals surface area (Å²) in [7, 11) is 0. The Bertz CT molecular complexity index is 287. The third kappa shape index (κ3) is 2.33. The summed E-state index contributed by atoms with van der Waals surface area (Å²) in [6, 6.07) is 0. The van der Waals surface area contributed by atoms with Gasteiger partial charge in [-0.15, -0.1) is 0 Å². The number of hydrogen-bond donors (Lipinski definition) is 1. The summed E-state index contributed by atoms with van der Waals surface area (Å²) in [4.78, 5) is 24.3. The summed E-state index contributed by atoms with van der Waals surface area (Å²) in [6.07, 6.45) is -0.502. The van der Waals surface area contributed by atoms with Crippen LogP contribution in [0.5, 0.6) is 0 Å². The number of ether oxygens (including phenoxy) is 2. The van der Waals surface area contributed by atoms with E-state index >= 15 is 0 Å².